The number of aromatic amines is 1. The third-order valence-corrected chi connectivity index (χ3v) is 4.65. The first-order chi connectivity index (χ1) is 13.8. The van der Waals surface area contributed by atoms with Crippen molar-refractivity contribution in [1.29, 1.82) is 0 Å². The predicted molar refractivity (Wildman–Crippen MR) is 101 cm³/mol. The zero-order valence-corrected chi connectivity index (χ0v) is 15.4. The SMILES string of the molecule is Cc1nc(-c2ccccc2C(F)(F)F)nc(Nc2n[nH]c3c(F)cccc23)c1C. The number of nitrogens with one attached hydrogen (secondary N) is 2. The summed E-state index contributed by atoms with van der Waals surface area (Å²) < 4.78 is 54.1. The summed E-state index contributed by atoms with van der Waals surface area (Å²) in [5.74, 6) is 0.0888. The monoisotopic (exact) mass is 401 g/mol. The van der Waals surface area contributed by atoms with Gasteiger partial charge in [-0.2, -0.15) is 18.3 Å². The number of hydrogen-bond donors (Lipinski definition) is 2. The summed E-state index contributed by atoms with van der Waals surface area (Å²) in [7, 11) is 0. The van der Waals surface area contributed by atoms with Crippen LogP contribution in [0.4, 0.5) is 29.2 Å². The third kappa shape index (κ3) is 3.39. The van der Waals surface area contributed by atoms with Gasteiger partial charge in [0, 0.05) is 22.2 Å². The van der Waals surface area contributed by atoms with Gasteiger partial charge in [0.25, 0.3) is 0 Å². The number of hydrogen-bond acceptors (Lipinski definition) is 4. The lowest BCUT2D eigenvalue weighted by Crippen LogP contribution is -2.09. The van der Waals surface area contributed by atoms with Crippen molar-refractivity contribution < 1.29 is 17.6 Å². The quantitative estimate of drug-likeness (QED) is 0.443. The van der Waals surface area contributed by atoms with Crippen LogP contribution in [-0.4, -0.2) is 20.2 Å². The molecule has 2 aromatic carbocycles. The number of aromatic nitrogens is 4. The summed E-state index contributed by atoms with van der Waals surface area (Å²) in [4.78, 5) is 8.56. The topological polar surface area (TPSA) is 66.5 Å². The lowest BCUT2D eigenvalue weighted by atomic mass is 10.1. The van der Waals surface area contributed by atoms with Gasteiger partial charge >= 0.3 is 6.18 Å². The highest BCUT2D eigenvalue weighted by molar-refractivity contribution is 5.91. The van der Waals surface area contributed by atoms with Gasteiger partial charge in [0.05, 0.1) is 5.56 Å². The number of rotatable bonds is 3. The van der Waals surface area contributed by atoms with E-state index in [4.69, 9.17) is 0 Å². The van der Waals surface area contributed by atoms with Gasteiger partial charge in [-0.05, 0) is 32.0 Å². The Hall–Kier alpha value is -3.49. The molecule has 2 N–H and O–H groups in total. The Morgan fingerprint density at radius 2 is 1.69 bits per heavy atom. The third-order valence-electron chi connectivity index (χ3n) is 4.65. The normalized spacial score (nSPS) is 11.8. The second-order valence-electron chi connectivity index (χ2n) is 6.51. The first-order valence-electron chi connectivity index (χ1n) is 8.67. The molecule has 9 heteroatoms. The van der Waals surface area contributed by atoms with Gasteiger partial charge in [-0.3, -0.25) is 5.10 Å². The Bertz CT molecular complexity index is 1210. The fourth-order valence-electron chi connectivity index (χ4n) is 3.01. The molecule has 4 rings (SSSR count). The summed E-state index contributed by atoms with van der Waals surface area (Å²) in [6.07, 6.45) is -4.54. The van der Waals surface area contributed by atoms with Crippen LogP contribution in [0.25, 0.3) is 22.3 Å². The van der Waals surface area contributed by atoms with Crippen molar-refractivity contribution in [3.63, 3.8) is 0 Å². The molecular formula is C20H15F4N5. The molecule has 2 aromatic heterocycles. The van der Waals surface area contributed by atoms with E-state index in [1.165, 1.54) is 24.3 Å². The second kappa shape index (κ2) is 6.84. The minimum absolute atomic E-state index is 0.0606. The minimum atomic E-state index is -4.54. The van der Waals surface area contributed by atoms with Crippen LogP contribution in [0.3, 0.4) is 0 Å². The number of H-pyrrole nitrogens is 1. The molecule has 0 spiro atoms. The molecule has 2 heterocycles. The van der Waals surface area contributed by atoms with Crippen molar-refractivity contribution in [2.45, 2.75) is 20.0 Å². The molecule has 0 radical (unpaired) electrons. The van der Waals surface area contributed by atoms with Crippen LogP contribution in [0.2, 0.25) is 0 Å². The fourth-order valence-corrected chi connectivity index (χ4v) is 3.01. The molecule has 0 unspecified atom stereocenters. The summed E-state index contributed by atoms with van der Waals surface area (Å²) in [6, 6.07) is 9.66. The van der Waals surface area contributed by atoms with Gasteiger partial charge in [-0.25, -0.2) is 14.4 Å². The van der Waals surface area contributed by atoms with Crippen LogP contribution >= 0.6 is 0 Å². The maximum absolute atomic E-state index is 13.9. The van der Waals surface area contributed by atoms with Gasteiger partial charge < -0.3 is 5.32 Å². The number of anilines is 2. The first-order valence-corrected chi connectivity index (χ1v) is 8.67. The van der Waals surface area contributed by atoms with Gasteiger partial charge in [0.15, 0.2) is 11.6 Å². The number of halogens is 4. The van der Waals surface area contributed by atoms with Crippen molar-refractivity contribution in [1.82, 2.24) is 20.2 Å². The lowest BCUT2D eigenvalue weighted by Gasteiger charge is -2.15. The Morgan fingerprint density at radius 3 is 2.45 bits per heavy atom. The average molecular weight is 401 g/mol. The van der Waals surface area contributed by atoms with E-state index in [-0.39, 0.29) is 16.9 Å². The summed E-state index contributed by atoms with van der Waals surface area (Å²) >= 11 is 0. The molecule has 0 aliphatic rings. The largest absolute Gasteiger partial charge is 0.417 e. The molecular weight excluding hydrogens is 386 g/mol. The second-order valence-corrected chi connectivity index (χ2v) is 6.51. The number of aryl methyl sites for hydroxylation is 1. The smallest absolute Gasteiger partial charge is 0.323 e. The average Bonchev–Trinajstić information content (AvgIpc) is 3.09. The van der Waals surface area contributed by atoms with E-state index in [9.17, 15) is 17.6 Å². The Kier molecular flexibility index (Phi) is 4.45. The van der Waals surface area contributed by atoms with E-state index in [1.54, 1.807) is 26.0 Å². The van der Waals surface area contributed by atoms with Crippen molar-refractivity contribution in [3.05, 3.63) is 65.1 Å². The number of fused-ring (bicyclic) bond motifs is 1. The Balaban J connectivity index is 1.83. The standard InChI is InChI=1S/C20H15F4N5/c1-10-11(2)25-18(12-6-3-4-8-14(12)20(22,23)24)26-17(10)27-19-13-7-5-9-15(21)16(13)28-29-19/h3-9H,1-2H3,(H2,25,26,27,28,29). The first kappa shape index (κ1) is 18.9. The number of alkyl halides is 3. The van der Waals surface area contributed by atoms with E-state index in [1.807, 2.05) is 0 Å². The van der Waals surface area contributed by atoms with Crippen LogP contribution < -0.4 is 5.32 Å². The maximum atomic E-state index is 13.9. The molecule has 0 bridgehead atoms. The number of benzene rings is 2. The highest BCUT2D eigenvalue weighted by Gasteiger charge is 2.34. The summed E-state index contributed by atoms with van der Waals surface area (Å²) in [5.41, 5.74) is 0.443. The van der Waals surface area contributed by atoms with E-state index >= 15 is 0 Å². The number of para-hydroxylation sites is 1. The molecule has 0 amide bonds. The zero-order chi connectivity index (χ0) is 20.8. The fraction of sp³-hybridized carbons (Fsp3) is 0.150. The van der Waals surface area contributed by atoms with Crippen molar-refractivity contribution in [2.75, 3.05) is 5.32 Å². The Labute approximate surface area is 162 Å². The highest BCUT2D eigenvalue weighted by Crippen LogP contribution is 2.37. The van der Waals surface area contributed by atoms with Crippen LogP contribution in [0, 0.1) is 19.7 Å². The van der Waals surface area contributed by atoms with Crippen LogP contribution in [0.1, 0.15) is 16.8 Å². The van der Waals surface area contributed by atoms with E-state index in [0.29, 0.717) is 28.3 Å². The molecule has 0 fully saturated rings. The van der Waals surface area contributed by atoms with E-state index in [2.05, 4.69) is 25.5 Å². The summed E-state index contributed by atoms with van der Waals surface area (Å²) in [5, 5.41) is 10.2. The molecule has 0 saturated carbocycles. The van der Waals surface area contributed by atoms with E-state index < -0.39 is 17.6 Å². The lowest BCUT2D eigenvalue weighted by molar-refractivity contribution is -0.137. The summed E-state index contributed by atoms with van der Waals surface area (Å²) in [6.45, 7) is 3.43. The Morgan fingerprint density at radius 1 is 0.931 bits per heavy atom. The van der Waals surface area contributed by atoms with Crippen LogP contribution in [0.5, 0.6) is 0 Å². The molecule has 0 aliphatic heterocycles. The zero-order valence-electron chi connectivity index (χ0n) is 15.4. The van der Waals surface area contributed by atoms with Gasteiger partial charge in [-0.1, -0.05) is 24.3 Å². The van der Waals surface area contributed by atoms with Crippen molar-refractivity contribution in [2.24, 2.45) is 0 Å². The van der Waals surface area contributed by atoms with Crippen LogP contribution in [0.15, 0.2) is 42.5 Å². The van der Waals surface area contributed by atoms with E-state index in [0.717, 1.165) is 6.07 Å². The molecule has 0 aliphatic carbocycles. The molecule has 148 valence electrons. The van der Waals surface area contributed by atoms with Gasteiger partial charge in [-0.15, -0.1) is 0 Å². The highest BCUT2D eigenvalue weighted by atomic mass is 19.4. The predicted octanol–water partition coefficient (Wildman–Crippen LogP) is 5.54. The van der Waals surface area contributed by atoms with Crippen LogP contribution in [-0.2, 0) is 6.18 Å². The number of nitrogens with zero attached hydrogens (tertiary/aromatic N) is 3. The van der Waals surface area contributed by atoms with Crippen molar-refractivity contribution >= 4 is 22.5 Å². The van der Waals surface area contributed by atoms with Gasteiger partial charge in [0.1, 0.15) is 17.2 Å². The molecule has 29 heavy (non-hydrogen) atoms. The molecule has 0 atom stereocenters. The maximum Gasteiger partial charge on any atom is 0.417 e. The minimum Gasteiger partial charge on any atom is -0.323 e. The molecule has 4 aromatic rings. The molecule has 5 nitrogen and oxygen atoms in total. The van der Waals surface area contributed by atoms with Gasteiger partial charge in [0.2, 0.25) is 0 Å². The van der Waals surface area contributed by atoms with Crippen molar-refractivity contribution in [3.8, 4) is 11.4 Å². The molecule has 0 saturated heterocycles.